The van der Waals surface area contributed by atoms with Crippen LogP contribution in [0.5, 0.6) is 0 Å². The number of benzene rings is 2. The molecule has 0 fully saturated rings. The van der Waals surface area contributed by atoms with E-state index in [1.54, 1.807) is 0 Å². The van der Waals surface area contributed by atoms with E-state index in [2.05, 4.69) is 81.0 Å². The van der Waals surface area contributed by atoms with Crippen LogP contribution in [0.1, 0.15) is 22.9 Å². The Hall–Kier alpha value is -1.94. The summed E-state index contributed by atoms with van der Waals surface area (Å²) in [5.74, 6) is 0. The minimum atomic E-state index is 0.133. The third kappa shape index (κ3) is 2.02. The summed E-state index contributed by atoms with van der Waals surface area (Å²) in [5.41, 5.74) is 6.23. The van der Waals surface area contributed by atoms with Gasteiger partial charge in [-0.2, -0.15) is 0 Å². The zero-order chi connectivity index (χ0) is 14.2. The number of hydrogen-bond donors (Lipinski definition) is 0. The molecule has 3 nitrogen and oxygen atoms in total. The molecular formula is C17H14BrN3. The van der Waals surface area contributed by atoms with Crippen molar-refractivity contribution in [3.8, 4) is 11.1 Å². The van der Waals surface area contributed by atoms with Gasteiger partial charge in [-0.3, -0.25) is 0 Å². The molecule has 0 radical (unpaired) electrons. The number of alkyl halides is 1. The number of aromatic nitrogens is 3. The Morgan fingerprint density at radius 3 is 2.19 bits per heavy atom. The fourth-order valence-electron chi connectivity index (χ4n) is 3.06. The van der Waals surface area contributed by atoms with Gasteiger partial charge < -0.3 is 0 Å². The summed E-state index contributed by atoms with van der Waals surface area (Å²) in [6.45, 7) is 0. The lowest BCUT2D eigenvalue weighted by atomic mass is 10.1. The Labute approximate surface area is 131 Å². The molecule has 0 bridgehead atoms. The van der Waals surface area contributed by atoms with Crippen LogP contribution in [0.15, 0.2) is 54.7 Å². The predicted octanol–water partition coefficient (Wildman–Crippen LogP) is 3.83. The molecule has 0 unspecified atom stereocenters. The van der Waals surface area contributed by atoms with Crippen molar-refractivity contribution in [3.05, 3.63) is 71.5 Å². The molecule has 0 N–H and O–H groups in total. The molecule has 0 spiro atoms. The fourth-order valence-corrected chi connectivity index (χ4v) is 3.47. The van der Waals surface area contributed by atoms with Crippen molar-refractivity contribution in [2.75, 3.05) is 5.33 Å². The van der Waals surface area contributed by atoms with E-state index >= 15 is 0 Å². The van der Waals surface area contributed by atoms with Crippen LogP contribution < -0.4 is 0 Å². The third-order valence-corrected chi connectivity index (χ3v) is 4.37. The largest absolute Gasteiger partial charge is 0.240 e. The predicted molar refractivity (Wildman–Crippen MR) is 86.6 cm³/mol. The van der Waals surface area contributed by atoms with Crippen molar-refractivity contribution in [1.29, 1.82) is 0 Å². The quantitative estimate of drug-likeness (QED) is 0.531. The monoisotopic (exact) mass is 339 g/mol. The second kappa shape index (κ2) is 5.11. The SMILES string of the molecule is BrCCc1cn(C2c3ccccc3-c3ccccc32)nn1. The summed E-state index contributed by atoms with van der Waals surface area (Å²) < 4.78 is 1.99. The van der Waals surface area contributed by atoms with Crippen molar-refractivity contribution in [1.82, 2.24) is 15.0 Å². The topological polar surface area (TPSA) is 30.7 Å². The molecule has 0 saturated heterocycles. The smallest absolute Gasteiger partial charge is 0.105 e. The van der Waals surface area contributed by atoms with Crippen LogP contribution in [0.3, 0.4) is 0 Å². The lowest BCUT2D eigenvalue weighted by Crippen LogP contribution is -2.10. The van der Waals surface area contributed by atoms with Gasteiger partial charge >= 0.3 is 0 Å². The van der Waals surface area contributed by atoms with E-state index < -0.39 is 0 Å². The van der Waals surface area contributed by atoms with Gasteiger partial charge in [0.2, 0.25) is 0 Å². The highest BCUT2D eigenvalue weighted by atomic mass is 79.9. The van der Waals surface area contributed by atoms with Gasteiger partial charge in [0.25, 0.3) is 0 Å². The number of rotatable bonds is 3. The van der Waals surface area contributed by atoms with Gasteiger partial charge in [-0.25, -0.2) is 4.68 Å². The molecule has 1 heterocycles. The highest BCUT2D eigenvalue weighted by Crippen LogP contribution is 2.44. The summed E-state index contributed by atoms with van der Waals surface area (Å²) in [6, 6.07) is 17.2. The second-order valence-corrected chi connectivity index (χ2v) is 6.00. The van der Waals surface area contributed by atoms with E-state index in [4.69, 9.17) is 0 Å². The van der Waals surface area contributed by atoms with E-state index in [1.807, 2.05) is 4.68 Å². The molecule has 4 rings (SSSR count). The molecule has 21 heavy (non-hydrogen) atoms. The molecule has 0 saturated carbocycles. The summed E-state index contributed by atoms with van der Waals surface area (Å²) in [4.78, 5) is 0. The second-order valence-electron chi connectivity index (χ2n) is 5.21. The summed E-state index contributed by atoms with van der Waals surface area (Å²) in [7, 11) is 0. The molecule has 1 aliphatic carbocycles. The normalized spacial score (nSPS) is 13.2. The van der Waals surface area contributed by atoms with Crippen molar-refractivity contribution in [2.24, 2.45) is 0 Å². The Morgan fingerprint density at radius 1 is 0.952 bits per heavy atom. The van der Waals surface area contributed by atoms with E-state index in [0.29, 0.717) is 0 Å². The maximum atomic E-state index is 4.36. The van der Waals surface area contributed by atoms with Gasteiger partial charge in [-0.05, 0) is 22.3 Å². The molecule has 1 aromatic heterocycles. The van der Waals surface area contributed by atoms with Crippen molar-refractivity contribution in [2.45, 2.75) is 12.5 Å². The number of hydrogen-bond acceptors (Lipinski definition) is 2. The fraction of sp³-hybridized carbons (Fsp3) is 0.176. The molecular weight excluding hydrogens is 326 g/mol. The van der Waals surface area contributed by atoms with E-state index in [1.165, 1.54) is 22.3 Å². The first-order valence-electron chi connectivity index (χ1n) is 7.03. The summed E-state index contributed by atoms with van der Waals surface area (Å²) >= 11 is 3.45. The number of nitrogens with zero attached hydrogens (tertiary/aromatic N) is 3. The van der Waals surface area contributed by atoms with Crippen molar-refractivity contribution in [3.63, 3.8) is 0 Å². The van der Waals surface area contributed by atoms with Crippen molar-refractivity contribution >= 4 is 15.9 Å². The van der Waals surface area contributed by atoms with Crippen LogP contribution in [0.2, 0.25) is 0 Å². The van der Waals surface area contributed by atoms with Crippen LogP contribution in [-0.4, -0.2) is 20.3 Å². The number of aryl methyl sites for hydroxylation is 1. The van der Waals surface area contributed by atoms with Gasteiger partial charge in [-0.1, -0.05) is 69.7 Å². The molecule has 2 aromatic carbocycles. The van der Waals surface area contributed by atoms with Crippen LogP contribution in [0.25, 0.3) is 11.1 Å². The zero-order valence-corrected chi connectivity index (χ0v) is 13.0. The van der Waals surface area contributed by atoms with Gasteiger partial charge in [0.1, 0.15) is 6.04 Å². The summed E-state index contributed by atoms with van der Waals surface area (Å²) in [6.07, 6.45) is 2.96. The standard InChI is InChI=1S/C17H14BrN3/c18-10-9-12-11-21(20-19-12)17-15-7-3-1-5-13(15)14-6-2-4-8-16(14)17/h1-8,11,17H,9-10H2. The minimum Gasteiger partial charge on any atom is -0.240 e. The van der Waals surface area contributed by atoms with E-state index in [-0.39, 0.29) is 6.04 Å². The molecule has 0 aliphatic heterocycles. The first-order chi connectivity index (χ1) is 10.4. The molecule has 3 aromatic rings. The maximum absolute atomic E-state index is 4.36. The Bertz CT molecular complexity index is 748. The molecule has 0 amide bonds. The van der Waals surface area contributed by atoms with E-state index in [0.717, 1.165) is 17.4 Å². The van der Waals surface area contributed by atoms with Gasteiger partial charge in [0.05, 0.1) is 5.69 Å². The van der Waals surface area contributed by atoms with Crippen molar-refractivity contribution < 1.29 is 0 Å². The van der Waals surface area contributed by atoms with Crippen LogP contribution in [-0.2, 0) is 6.42 Å². The summed E-state index contributed by atoms with van der Waals surface area (Å²) in [5, 5.41) is 9.55. The average Bonchev–Trinajstić information content (AvgIpc) is 3.10. The van der Waals surface area contributed by atoms with Gasteiger partial charge in [-0.15, -0.1) is 5.10 Å². The number of fused-ring (bicyclic) bond motifs is 3. The Balaban J connectivity index is 1.88. The molecule has 104 valence electrons. The Kier molecular flexibility index (Phi) is 3.11. The van der Waals surface area contributed by atoms with Crippen LogP contribution >= 0.6 is 15.9 Å². The Morgan fingerprint density at radius 2 is 1.57 bits per heavy atom. The van der Waals surface area contributed by atoms with Gasteiger partial charge in [0, 0.05) is 17.9 Å². The molecule has 1 aliphatic rings. The lowest BCUT2D eigenvalue weighted by molar-refractivity contribution is 0.580. The number of halogens is 1. The third-order valence-electron chi connectivity index (χ3n) is 3.97. The maximum Gasteiger partial charge on any atom is 0.105 e. The zero-order valence-electron chi connectivity index (χ0n) is 11.4. The van der Waals surface area contributed by atoms with Crippen LogP contribution in [0.4, 0.5) is 0 Å². The molecule has 4 heteroatoms. The van der Waals surface area contributed by atoms with E-state index in [9.17, 15) is 0 Å². The molecule has 0 atom stereocenters. The average molecular weight is 340 g/mol. The first-order valence-corrected chi connectivity index (χ1v) is 8.15. The lowest BCUT2D eigenvalue weighted by Gasteiger charge is -2.13. The highest BCUT2D eigenvalue weighted by molar-refractivity contribution is 9.09. The first kappa shape index (κ1) is 12.8. The highest BCUT2D eigenvalue weighted by Gasteiger charge is 2.30. The minimum absolute atomic E-state index is 0.133. The van der Waals surface area contributed by atoms with Crippen LogP contribution in [0, 0.1) is 0 Å². The van der Waals surface area contributed by atoms with Gasteiger partial charge in [0.15, 0.2) is 0 Å².